The molecule has 7 heteroatoms. The Kier molecular flexibility index (Phi) is 4.45. The van der Waals surface area contributed by atoms with Crippen LogP contribution in [0.15, 0.2) is 36.4 Å². The van der Waals surface area contributed by atoms with Crippen LogP contribution in [0, 0.1) is 5.82 Å². The Morgan fingerprint density at radius 3 is 2.10 bits per heavy atom. The van der Waals surface area contributed by atoms with Crippen LogP contribution in [-0.2, 0) is 0 Å². The van der Waals surface area contributed by atoms with Gasteiger partial charge in [-0.15, -0.1) is 0 Å². The molecule has 108 valence electrons. The second-order valence-electron chi connectivity index (χ2n) is 4.06. The zero-order valence-electron chi connectivity index (χ0n) is 10.4. The second kappa shape index (κ2) is 6.11. The highest BCUT2D eigenvalue weighted by Crippen LogP contribution is 2.27. The van der Waals surface area contributed by atoms with Crippen LogP contribution in [0.2, 0.25) is 10.0 Å². The van der Waals surface area contributed by atoms with Crippen molar-refractivity contribution in [2.45, 2.75) is 0 Å². The first-order chi connectivity index (χ1) is 9.90. The summed E-state index contributed by atoms with van der Waals surface area (Å²) in [4.78, 5) is 23.2. The van der Waals surface area contributed by atoms with Crippen molar-refractivity contribution in [1.82, 2.24) is 0 Å². The molecule has 2 rings (SSSR count). The lowest BCUT2D eigenvalue weighted by Gasteiger charge is -2.09. The fourth-order valence-corrected chi connectivity index (χ4v) is 2.18. The average Bonchev–Trinajstić information content (AvgIpc) is 2.44. The molecule has 0 saturated heterocycles. The van der Waals surface area contributed by atoms with Gasteiger partial charge in [0.2, 0.25) is 0 Å². The molecule has 0 unspecified atom stereocenters. The number of nitrogens with one attached hydrogen (secondary N) is 1. The standard InChI is InChI=1S/C14H8Cl2FNO3/c15-10-5-7(6-11(16)12(10)17)18-13(19)8-3-1-2-4-9(8)14(20)21/h1-6H,(H,18,19)(H,20,21). The van der Waals surface area contributed by atoms with E-state index in [0.717, 1.165) is 0 Å². The first kappa shape index (κ1) is 15.3. The summed E-state index contributed by atoms with van der Waals surface area (Å²) in [6, 6.07) is 8.08. The number of benzene rings is 2. The number of hydrogen-bond acceptors (Lipinski definition) is 2. The number of rotatable bonds is 3. The van der Waals surface area contributed by atoms with Gasteiger partial charge in [0.15, 0.2) is 5.82 Å². The van der Waals surface area contributed by atoms with Crippen molar-refractivity contribution in [2.75, 3.05) is 5.32 Å². The van der Waals surface area contributed by atoms with Crippen molar-refractivity contribution in [3.05, 3.63) is 63.4 Å². The highest BCUT2D eigenvalue weighted by atomic mass is 35.5. The molecule has 1 amide bonds. The van der Waals surface area contributed by atoms with E-state index in [1.165, 1.54) is 36.4 Å². The molecule has 21 heavy (non-hydrogen) atoms. The van der Waals surface area contributed by atoms with Gasteiger partial charge >= 0.3 is 5.97 Å². The Balaban J connectivity index is 2.33. The molecule has 0 spiro atoms. The van der Waals surface area contributed by atoms with Crippen molar-refractivity contribution >= 4 is 40.8 Å². The normalized spacial score (nSPS) is 10.2. The maximum atomic E-state index is 13.3. The quantitative estimate of drug-likeness (QED) is 0.834. The Bertz CT molecular complexity index is 711. The minimum Gasteiger partial charge on any atom is -0.478 e. The van der Waals surface area contributed by atoms with Crippen LogP contribution >= 0.6 is 23.2 Å². The third kappa shape index (κ3) is 3.32. The molecular weight excluding hydrogens is 320 g/mol. The molecule has 4 nitrogen and oxygen atoms in total. The van der Waals surface area contributed by atoms with Gasteiger partial charge in [0.25, 0.3) is 5.91 Å². The number of amides is 1. The molecule has 2 N–H and O–H groups in total. The summed E-state index contributed by atoms with van der Waals surface area (Å²) in [5.74, 6) is -2.68. The third-order valence-corrected chi connectivity index (χ3v) is 3.19. The van der Waals surface area contributed by atoms with Crippen LogP contribution < -0.4 is 5.32 Å². The Morgan fingerprint density at radius 2 is 1.57 bits per heavy atom. The summed E-state index contributed by atoms with van der Waals surface area (Å²) < 4.78 is 13.3. The Morgan fingerprint density at radius 1 is 1.05 bits per heavy atom. The summed E-state index contributed by atoms with van der Waals surface area (Å²) in [5.41, 5.74) is -0.00697. The van der Waals surface area contributed by atoms with Gasteiger partial charge in [-0.3, -0.25) is 4.79 Å². The van der Waals surface area contributed by atoms with Crippen LogP contribution in [0.25, 0.3) is 0 Å². The molecule has 0 aliphatic carbocycles. The maximum absolute atomic E-state index is 13.3. The summed E-state index contributed by atoms with van der Waals surface area (Å²) in [7, 11) is 0. The number of carbonyl (C=O) groups is 2. The lowest BCUT2D eigenvalue weighted by molar-refractivity contribution is 0.0692. The number of aromatic carboxylic acids is 1. The predicted octanol–water partition coefficient (Wildman–Crippen LogP) is 4.08. The minimum atomic E-state index is -1.23. The highest BCUT2D eigenvalue weighted by molar-refractivity contribution is 6.35. The fourth-order valence-electron chi connectivity index (χ4n) is 1.69. The smallest absolute Gasteiger partial charge is 0.336 e. The summed E-state index contributed by atoms with van der Waals surface area (Å²) >= 11 is 11.3. The molecular formula is C14H8Cl2FNO3. The van der Waals surface area contributed by atoms with E-state index in [9.17, 15) is 14.0 Å². The molecule has 0 aliphatic heterocycles. The maximum Gasteiger partial charge on any atom is 0.336 e. The van der Waals surface area contributed by atoms with Crippen LogP contribution in [0.4, 0.5) is 10.1 Å². The topological polar surface area (TPSA) is 66.4 Å². The van der Waals surface area contributed by atoms with Crippen molar-refractivity contribution in [2.24, 2.45) is 0 Å². The van der Waals surface area contributed by atoms with Gasteiger partial charge in [0.1, 0.15) is 0 Å². The van der Waals surface area contributed by atoms with E-state index in [2.05, 4.69) is 5.32 Å². The largest absolute Gasteiger partial charge is 0.478 e. The molecule has 0 radical (unpaired) electrons. The second-order valence-corrected chi connectivity index (χ2v) is 4.87. The van der Waals surface area contributed by atoms with Crippen molar-refractivity contribution < 1.29 is 19.1 Å². The first-order valence-electron chi connectivity index (χ1n) is 5.68. The van der Waals surface area contributed by atoms with E-state index in [-0.39, 0.29) is 26.9 Å². The zero-order chi connectivity index (χ0) is 15.6. The van der Waals surface area contributed by atoms with E-state index < -0.39 is 17.7 Å². The van der Waals surface area contributed by atoms with Gasteiger partial charge in [-0.25, -0.2) is 9.18 Å². The van der Waals surface area contributed by atoms with Gasteiger partial charge in [-0.05, 0) is 24.3 Å². The number of carboxylic acid groups (broad SMARTS) is 1. The van der Waals surface area contributed by atoms with E-state index in [0.29, 0.717) is 0 Å². The summed E-state index contributed by atoms with van der Waals surface area (Å²) in [6.07, 6.45) is 0. The van der Waals surface area contributed by atoms with E-state index in [4.69, 9.17) is 28.3 Å². The van der Waals surface area contributed by atoms with Gasteiger partial charge < -0.3 is 10.4 Å². The average molecular weight is 328 g/mol. The van der Waals surface area contributed by atoms with Crippen molar-refractivity contribution in [3.8, 4) is 0 Å². The number of anilines is 1. The number of hydrogen-bond donors (Lipinski definition) is 2. The van der Waals surface area contributed by atoms with Gasteiger partial charge in [0, 0.05) is 5.69 Å². The van der Waals surface area contributed by atoms with Crippen molar-refractivity contribution in [1.29, 1.82) is 0 Å². The van der Waals surface area contributed by atoms with E-state index in [1.54, 1.807) is 0 Å². The lowest BCUT2D eigenvalue weighted by atomic mass is 10.1. The monoisotopic (exact) mass is 327 g/mol. The van der Waals surface area contributed by atoms with Crippen LogP contribution in [0.1, 0.15) is 20.7 Å². The van der Waals surface area contributed by atoms with Crippen LogP contribution in [0.5, 0.6) is 0 Å². The molecule has 0 aromatic heterocycles. The van der Waals surface area contributed by atoms with Gasteiger partial charge in [-0.1, -0.05) is 35.3 Å². The number of carbonyl (C=O) groups excluding carboxylic acids is 1. The number of halogens is 3. The fraction of sp³-hybridized carbons (Fsp3) is 0. The minimum absolute atomic E-state index is 0.0263. The molecule has 0 saturated carbocycles. The molecule has 2 aromatic rings. The predicted molar refractivity (Wildman–Crippen MR) is 77.8 cm³/mol. The molecule has 2 aromatic carbocycles. The van der Waals surface area contributed by atoms with Gasteiger partial charge in [0.05, 0.1) is 21.2 Å². The Labute approximate surface area is 129 Å². The molecule has 0 bridgehead atoms. The summed E-state index contributed by atoms with van der Waals surface area (Å²) in [5, 5.41) is 11.0. The molecule has 0 fully saturated rings. The first-order valence-corrected chi connectivity index (χ1v) is 6.44. The van der Waals surface area contributed by atoms with E-state index >= 15 is 0 Å². The Hall–Kier alpha value is -2.11. The van der Waals surface area contributed by atoms with Crippen LogP contribution in [-0.4, -0.2) is 17.0 Å². The zero-order valence-corrected chi connectivity index (χ0v) is 11.9. The summed E-state index contributed by atoms with van der Waals surface area (Å²) in [6.45, 7) is 0. The molecule has 0 aliphatic rings. The third-order valence-electron chi connectivity index (χ3n) is 2.64. The van der Waals surface area contributed by atoms with Crippen LogP contribution in [0.3, 0.4) is 0 Å². The molecule has 0 heterocycles. The van der Waals surface area contributed by atoms with Gasteiger partial charge in [-0.2, -0.15) is 0 Å². The van der Waals surface area contributed by atoms with E-state index in [1.807, 2.05) is 0 Å². The highest BCUT2D eigenvalue weighted by Gasteiger charge is 2.17. The SMILES string of the molecule is O=C(O)c1ccccc1C(=O)Nc1cc(Cl)c(F)c(Cl)c1. The number of carboxylic acids is 1. The molecule has 0 atom stereocenters. The van der Waals surface area contributed by atoms with Crippen molar-refractivity contribution in [3.63, 3.8) is 0 Å². The lowest BCUT2D eigenvalue weighted by Crippen LogP contribution is -2.16.